The molecule has 1 rings (SSSR count). The van der Waals surface area contributed by atoms with Gasteiger partial charge in [-0.2, -0.15) is 0 Å². The van der Waals surface area contributed by atoms with E-state index in [0.717, 1.165) is 0 Å². The van der Waals surface area contributed by atoms with Gasteiger partial charge in [0.05, 0.1) is 6.54 Å². The van der Waals surface area contributed by atoms with Crippen LogP contribution in [0.25, 0.3) is 0 Å². The van der Waals surface area contributed by atoms with Crippen LogP contribution < -0.4 is 16.0 Å². The van der Waals surface area contributed by atoms with Gasteiger partial charge in [0.15, 0.2) is 0 Å². The molecular formula is C14H19N3O3. The molecule has 0 fully saturated rings. The van der Waals surface area contributed by atoms with E-state index in [4.69, 9.17) is 0 Å². The summed E-state index contributed by atoms with van der Waals surface area (Å²) in [4.78, 5) is 33.9. The number of nitrogens with one attached hydrogen (secondary N) is 3. The minimum Gasteiger partial charge on any atom is -0.350 e. The van der Waals surface area contributed by atoms with Crippen molar-refractivity contribution in [1.82, 2.24) is 10.6 Å². The standard InChI is InChI=1S/C14H19N3O3/c1-9(2)16-14(20)11-4-6-12(7-5-11)17-13(19)8-15-10(3)18/h4-7,9H,8H2,1-3H3,(H,15,18)(H,16,20)(H,17,19). The number of hydrogen-bond donors (Lipinski definition) is 3. The van der Waals surface area contributed by atoms with Crippen LogP contribution in [-0.2, 0) is 9.59 Å². The topological polar surface area (TPSA) is 87.3 Å². The summed E-state index contributed by atoms with van der Waals surface area (Å²) in [5, 5.41) is 7.80. The Morgan fingerprint density at radius 3 is 2.20 bits per heavy atom. The quantitative estimate of drug-likeness (QED) is 0.747. The fourth-order valence-corrected chi connectivity index (χ4v) is 1.46. The van der Waals surface area contributed by atoms with Crippen molar-refractivity contribution in [2.24, 2.45) is 0 Å². The van der Waals surface area contributed by atoms with Gasteiger partial charge in [-0.1, -0.05) is 0 Å². The molecule has 6 nitrogen and oxygen atoms in total. The van der Waals surface area contributed by atoms with Crippen molar-refractivity contribution in [3.8, 4) is 0 Å². The number of rotatable bonds is 5. The Kier molecular flexibility index (Phi) is 5.71. The van der Waals surface area contributed by atoms with Gasteiger partial charge in [-0.25, -0.2) is 0 Å². The van der Waals surface area contributed by atoms with Crippen molar-refractivity contribution in [3.05, 3.63) is 29.8 Å². The maximum absolute atomic E-state index is 11.7. The Hall–Kier alpha value is -2.37. The van der Waals surface area contributed by atoms with Crippen LogP contribution in [0.1, 0.15) is 31.1 Å². The van der Waals surface area contributed by atoms with Crippen LogP contribution in [0.5, 0.6) is 0 Å². The van der Waals surface area contributed by atoms with E-state index in [1.807, 2.05) is 13.8 Å². The Morgan fingerprint density at radius 2 is 1.70 bits per heavy atom. The molecule has 0 unspecified atom stereocenters. The first-order valence-electron chi connectivity index (χ1n) is 6.33. The van der Waals surface area contributed by atoms with E-state index < -0.39 is 0 Å². The van der Waals surface area contributed by atoms with Crippen molar-refractivity contribution < 1.29 is 14.4 Å². The smallest absolute Gasteiger partial charge is 0.251 e. The normalized spacial score (nSPS) is 10.0. The van der Waals surface area contributed by atoms with Crippen LogP contribution in [0.3, 0.4) is 0 Å². The van der Waals surface area contributed by atoms with E-state index in [2.05, 4.69) is 16.0 Å². The van der Waals surface area contributed by atoms with Crippen molar-refractivity contribution in [2.45, 2.75) is 26.8 Å². The molecule has 108 valence electrons. The summed E-state index contributed by atoms with van der Waals surface area (Å²) in [5.74, 6) is -0.739. The molecule has 1 aromatic rings. The van der Waals surface area contributed by atoms with E-state index >= 15 is 0 Å². The monoisotopic (exact) mass is 277 g/mol. The van der Waals surface area contributed by atoms with Crippen molar-refractivity contribution >= 4 is 23.4 Å². The van der Waals surface area contributed by atoms with Crippen molar-refractivity contribution in [1.29, 1.82) is 0 Å². The van der Waals surface area contributed by atoms with Crippen molar-refractivity contribution in [2.75, 3.05) is 11.9 Å². The third-order valence-corrected chi connectivity index (χ3v) is 2.35. The first-order chi connectivity index (χ1) is 9.38. The molecule has 20 heavy (non-hydrogen) atoms. The van der Waals surface area contributed by atoms with Crippen LogP contribution in [0.15, 0.2) is 24.3 Å². The molecule has 0 aliphatic carbocycles. The molecule has 0 heterocycles. The Morgan fingerprint density at radius 1 is 1.10 bits per heavy atom. The summed E-state index contributed by atoms with van der Waals surface area (Å²) in [7, 11) is 0. The summed E-state index contributed by atoms with van der Waals surface area (Å²) in [6.45, 7) is 5.03. The highest BCUT2D eigenvalue weighted by Gasteiger charge is 2.07. The highest BCUT2D eigenvalue weighted by atomic mass is 16.2. The third-order valence-electron chi connectivity index (χ3n) is 2.35. The number of hydrogen-bond acceptors (Lipinski definition) is 3. The van der Waals surface area contributed by atoms with Gasteiger partial charge in [-0.15, -0.1) is 0 Å². The van der Waals surface area contributed by atoms with Crippen LogP contribution in [0.2, 0.25) is 0 Å². The molecule has 0 saturated heterocycles. The second-order valence-electron chi connectivity index (χ2n) is 4.66. The molecule has 0 atom stereocenters. The molecular weight excluding hydrogens is 258 g/mol. The largest absolute Gasteiger partial charge is 0.350 e. The molecule has 0 spiro atoms. The minimum atomic E-state index is -0.320. The predicted molar refractivity (Wildman–Crippen MR) is 76.4 cm³/mol. The highest BCUT2D eigenvalue weighted by molar-refractivity contribution is 5.96. The Bertz CT molecular complexity index is 495. The fourth-order valence-electron chi connectivity index (χ4n) is 1.46. The lowest BCUT2D eigenvalue weighted by Crippen LogP contribution is -2.31. The zero-order valence-corrected chi connectivity index (χ0v) is 11.8. The summed E-state index contributed by atoms with van der Waals surface area (Å²) >= 11 is 0. The first kappa shape index (κ1) is 15.7. The maximum atomic E-state index is 11.7. The zero-order valence-electron chi connectivity index (χ0n) is 11.8. The van der Waals surface area contributed by atoms with Gasteiger partial charge in [-0.3, -0.25) is 14.4 Å². The highest BCUT2D eigenvalue weighted by Crippen LogP contribution is 2.09. The number of amides is 3. The molecule has 3 N–H and O–H groups in total. The number of benzene rings is 1. The van der Waals surface area contributed by atoms with E-state index in [9.17, 15) is 14.4 Å². The van der Waals surface area contributed by atoms with E-state index in [1.54, 1.807) is 24.3 Å². The van der Waals surface area contributed by atoms with E-state index in [1.165, 1.54) is 6.92 Å². The van der Waals surface area contributed by atoms with Gasteiger partial charge >= 0.3 is 0 Å². The SMILES string of the molecule is CC(=O)NCC(=O)Nc1ccc(C(=O)NC(C)C)cc1. The molecule has 1 aromatic carbocycles. The predicted octanol–water partition coefficient (Wildman–Crippen LogP) is 0.899. The lowest BCUT2D eigenvalue weighted by Gasteiger charge is -2.09. The fraction of sp³-hybridized carbons (Fsp3) is 0.357. The van der Waals surface area contributed by atoms with Gasteiger partial charge < -0.3 is 16.0 Å². The van der Waals surface area contributed by atoms with Gasteiger partial charge in [0.1, 0.15) is 0 Å². The molecule has 3 amide bonds. The van der Waals surface area contributed by atoms with Gasteiger partial charge in [-0.05, 0) is 38.1 Å². The zero-order chi connectivity index (χ0) is 15.1. The van der Waals surface area contributed by atoms with Crippen LogP contribution in [-0.4, -0.2) is 30.3 Å². The molecule has 0 aliphatic rings. The third kappa shape index (κ3) is 5.51. The van der Waals surface area contributed by atoms with Crippen LogP contribution >= 0.6 is 0 Å². The second-order valence-corrected chi connectivity index (χ2v) is 4.66. The number of carbonyl (C=O) groups excluding carboxylic acids is 3. The molecule has 0 aromatic heterocycles. The summed E-state index contributed by atoms with van der Waals surface area (Å²) < 4.78 is 0. The van der Waals surface area contributed by atoms with Gasteiger partial charge in [0.2, 0.25) is 11.8 Å². The molecule has 0 saturated carbocycles. The van der Waals surface area contributed by atoms with Gasteiger partial charge in [0, 0.05) is 24.2 Å². The van der Waals surface area contributed by atoms with Crippen LogP contribution in [0, 0.1) is 0 Å². The lowest BCUT2D eigenvalue weighted by atomic mass is 10.2. The molecule has 0 bridgehead atoms. The number of carbonyl (C=O) groups is 3. The number of anilines is 1. The van der Waals surface area contributed by atoms with E-state index in [0.29, 0.717) is 11.3 Å². The molecule has 6 heteroatoms. The summed E-state index contributed by atoms with van der Waals surface area (Å²) in [5.41, 5.74) is 1.10. The molecule has 0 aliphatic heterocycles. The average molecular weight is 277 g/mol. The minimum absolute atomic E-state index is 0.0690. The van der Waals surface area contributed by atoms with Gasteiger partial charge in [0.25, 0.3) is 5.91 Å². The average Bonchev–Trinajstić information content (AvgIpc) is 2.36. The maximum Gasteiger partial charge on any atom is 0.251 e. The van der Waals surface area contributed by atoms with Crippen molar-refractivity contribution in [3.63, 3.8) is 0 Å². The Balaban J connectivity index is 2.56. The molecule has 0 radical (unpaired) electrons. The first-order valence-corrected chi connectivity index (χ1v) is 6.33. The summed E-state index contributed by atoms with van der Waals surface area (Å²) in [6.07, 6.45) is 0. The second kappa shape index (κ2) is 7.28. The van der Waals surface area contributed by atoms with E-state index in [-0.39, 0.29) is 30.3 Å². The Labute approximate surface area is 117 Å². The summed E-state index contributed by atoms with van der Waals surface area (Å²) in [6, 6.07) is 6.61. The lowest BCUT2D eigenvalue weighted by molar-refractivity contribution is -0.122. The van der Waals surface area contributed by atoms with Crippen LogP contribution in [0.4, 0.5) is 5.69 Å².